The Kier molecular flexibility index (Phi) is 5.35. The van der Waals surface area contributed by atoms with E-state index in [0.717, 1.165) is 48.4 Å². The van der Waals surface area contributed by atoms with Gasteiger partial charge in [-0.1, -0.05) is 37.3 Å². The third kappa shape index (κ3) is 4.30. The van der Waals surface area contributed by atoms with Gasteiger partial charge in [-0.05, 0) is 55.6 Å². The predicted octanol–water partition coefficient (Wildman–Crippen LogP) is 4.28. The Morgan fingerprint density at radius 2 is 1.92 bits per heavy atom. The summed E-state index contributed by atoms with van der Waals surface area (Å²) in [7, 11) is -4.81. The van der Waals surface area contributed by atoms with Crippen molar-refractivity contribution in [3.8, 4) is 0 Å². The Balaban J connectivity index is 2.06. The van der Waals surface area contributed by atoms with Gasteiger partial charge in [0.05, 0.1) is 11.3 Å². The van der Waals surface area contributed by atoms with Crippen molar-refractivity contribution < 1.29 is 8.42 Å². The fourth-order valence-electron chi connectivity index (χ4n) is 3.42. The summed E-state index contributed by atoms with van der Waals surface area (Å²) in [6, 6.07) is 6.37. The molecule has 4 nitrogen and oxygen atoms in total. The molecule has 0 amide bonds. The first-order valence-corrected chi connectivity index (χ1v) is 14.6. The highest BCUT2D eigenvalue weighted by molar-refractivity contribution is 7.90. The number of aromatic nitrogens is 1. The number of hydrogen-bond acceptors (Lipinski definition) is 3. The van der Waals surface area contributed by atoms with Crippen molar-refractivity contribution in [1.82, 2.24) is 9.29 Å². The minimum absolute atomic E-state index is 0.199. The van der Waals surface area contributed by atoms with Crippen molar-refractivity contribution in [3.05, 3.63) is 35.0 Å². The monoisotopic (exact) mass is 398 g/mol. The Morgan fingerprint density at radius 3 is 2.56 bits per heavy atom. The lowest BCUT2D eigenvalue weighted by molar-refractivity contribution is 0.462. The number of benzene rings is 1. The van der Waals surface area contributed by atoms with E-state index in [-0.39, 0.29) is 5.75 Å². The first-order valence-electron chi connectivity index (χ1n) is 8.92. The van der Waals surface area contributed by atoms with Gasteiger partial charge in [0.25, 0.3) is 0 Å². The molecule has 0 saturated carbocycles. The predicted molar refractivity (Wildman–Crippen MR) is 109 cm³/mol. The van der Waals surface area contributed by atoms with Crippen molar-refractivity contribution in [2.45, 2.75) is 44.4 Å². The maximum atomic E-state index is 13.0. The van der Waals surface area contributed by atoms with Crippen molar-refractivity contribution in [1.29, 1.82) is 0 Å². The van der Waals surface area contributed by atoms with Gasteiger partial charge in [0.15, 0.2) is 0 Å². The van der Waals surface area contributed by atoms with Crippen LogP contribution in [0.2, 0.25) is 30.7 Å². The number of hydrogen-bond donors (Lipinski definition) is 1. The number of halogens is 1. The zero-order valence-electron chi connectivity index (χ0n) is 15.2. The standard InChI is InChI=1S/C18H27ClN2O2SSi/c1-25(2,3)11-10-24(22,23)21-13-17(14-6-8-20-9-7-14)16-5-4-15(19)12-18(16)21/h4-5,12-14,20H,6-11H2,1-3H3. The maximum Gasteiger partial charge on any atom is 0.238 e. The Labute approximate surface area is 156 Å². The smallest absolute Gasteiger partial charge is 0.238 e. The number of fused-ring (bicyclic) bond motifs is 1. The van der Waals surface area contributed by atoms with E-state index in [2.05, 4.69) is 25.0 Å². The van der Waals surface area contributed by atoms with Crippen molar-refractivity contribution >= 4 is 40.6 Å². The third-order valence-electron chi connectivity index (χ3n) is 4.95. The second-order valence-corrected chi connectivity index (χ2v) is 16.2. The lowest BCUT2D eigenvalue weighted by Crippen LogP contribution is -2.27. The lowest BCUT2D eigenvalue weighted by atomic mass is 9.90. The molecule has 1 aromatic carbocycles. The minimum atomic E-state index is -3.38. The summed E-state index contributed by atoms with van der Waals surface area (Å²) in [4.78, 5) is 0. The van der Waals surface area contributed by atoms with E-state index in [1.54, 1.807) is 6.07 Å². The molecule has 1 aromatic heterocycles. The molecule has 3 rings (SSSR count). The van der Waals surface area contributed by atoms with Crippen LogP contribution in [-0.4, -0.2) is 39.3 Å². The van der Waals surface area contributed by atoms with Gasteiger partial charge >= 0.3 is 0 Å². The zero-order valence-corrected chi connectivity index (χ0v) is 17.8. The largest absolute Gasteiger partial charge is 0.317 e. The second-order valence-electron chi connectivity index (χ2n) is 8.19. The van der Waals surface area contributed by atoms with Gasteiger partial charge in [-0.3, -0.25) is 0 Å². The summed E-state index contributed by atoms with van der Waals surface area (Å²) in [6.07, 6.45) is 3.93. The second kappa shape index (κ2) is 7.06. The Morgan fingerprint density at radius 1 is 1.24 bits per heavy atom. The molecule has 0 aliphatic carbocycles. The molecule has 1 aliphatic heterocycles. The number of nitrogens with zero attached hydrogens (tertiary/aromatic N) is 1. The van der Waals surface area contributed by atoms with Crippen molar-refractivity contribution in [3.63, 3.8) is 0 Å². The summed E-state index contributed by atoms with van der Waals surface area (Å²) in [5.41, 5.74) is 1.86. The number of nitrogens with one attached hydrogen (secondary N) is 1. The molecule has 1 fully saturated rings. The van der Waals surface area contributed by atoms with Crippen LogP contribution in [0.25, 0.3) is 10.9 Å². The number of piperidine rings is 1. The number of rotatable bonds is 5. The molecular weight excluding hydrogens is 372 g/mol. The summed E-state index contributed by atoms with van der Waals surface area (Å²) in [6.45, 7) is 8.56. The topological polar surface area (TPSA) is 51.1 Å². The molecule has 138 valence electrons. The van der Waals surface area contributed by atoms with Crippen LogP contribution in [0.15, 0.2) is 24.4 Å². The van der Waals surface area contributed by atoms with E-state index in [0.29, 0.717) is 10.9 Å². The van der Waals surface area contributed by atoms with Gasteiger partial charge in [0.1, 0.15) is 0 Å². The molecular formula is C18H27ClN2O2SSi. The summed E-state index contributed by atoms with van der Waals surface area (Å²) in [5, 5.41) is 4.97. The first-order chi connectivity index (χ1) is 11.7. The van der Waals surface area contributed by atoms with Crippen LogP contribution in [0.1, 0.15) is 24.3 Å². The quantitative estimate of drug-likeness (QED) is 0.765. The van der Waals surface area contributed by atoms with E-state index in [4.69, 9.17) is 11.6 Å². The van der Waals surface area contributed by atoms with Crippen LogP contribution in [-0.2, 0) is 10.0 Å². The van der Waals surface area contributed by atoms with Gasteiger partial charge < -0.3 is 5.32 Å². The normalized spacial score (nSPS) is 17.3. The van der Waals surface area contributed by atoms with Gasteiger partial charge in [-0.2, -0.15) is 0 Å². The molecule has 25 heavy (non-hydrogen) atoms. The highest BCUT2D eigenvalue weighted by atomic mass is 35.5. The van der Waals surface area contributed by atoms with Gasteiger partial charge in [0.2, 0.25) is 10.0 Å². The zero-order chi connectivity index (χ0) is 18.2. The third-order valence-corrected chi connectivity index (χ3v) is 8.92. The molecule has 1 N–H and O–H groups in total. The minimum Gasteiger partial charge on any atom is -0.317 e. The van der Waals surface area contributed by atoms with Crippen LogP contribution >= 0.6 is 11.6 Å². The molecule has 1 aliphatic rings. The van der Waals surface area contributed by atoms with Gasteiger partial charge in [-0.25, -0.2) is 12.4 Å². The van der Waals surface area contributed by atoms with Gasteiger partial charge in [0, 0.05) is 24.7 Å². The molecule has 0 atom stereocenters. The molecule has 0 bridgehead atoms. The Hall–Kier alpha value is -0.823. The fourth-order valence-corrected chi connectivity index (χ4v) is 7.99. The molecule has 2 aromatic rings. The molecule has 0 radical (unpaired) electrons. The highest BCUT2D eigenvalue weighted by Gasteiger charge is 2.26. The van der Waals surface area contributed by atoms with Crippen molar-refractivity contribution in [2.75, 3.05) is 18.8 Å². The van der Waals surface area contributed by atoms with Crippen LogP contribution in [0, 0.1) is 0 Å². The van der Waals surface area contributed by atoms with Crippen LogP contribution in [0.5, 0.6) is 0 Å². The highest BCUT2D eigenvalue weighted by Crippen LogP contribution is 2.35. The molecule has 1 saturated heterocycles. The van der Waals surface area contributed by atoms with E-state index in [9.17, 15) is 8.42 Å². The summed E-state index contributed by atoms with van der Waals surface area (Å²) in [5.74, 6) is 0.600. The van der Waals surface area contributed by atoms with Crippen LogP contribution in [0.4, 0.5) is 0 Å². The average molecular weight is 399 g/mol. The van der Waals surface area contributed by atoms with Crippen molar-refractivity contribution in [2.24, 2.45) is 0 Å². The Bertz CT molecular complexity index is 865. The fraction of sp³-hybridized carbons (Fsp3) is 0.556. The lowest BCUT2D eigenvalue weighted by Gasteiger charge is -2.22. The molecule has 2 heterocycles. The summed E-state index contributed by atoms with van der Waals surface area (Å²) < 4.78 is 27.6. The van der Waals surface area contributed by atoms with E-state index >= 15 is 0 Å². The van der Waals surface area contributed by atoms with E-state index in [1.165, 1.54) is 3.97 Å². The average Bonchev–Trinajstić information content (AvgIpc) is 2.93. The maximum absolute atomic E-state index is 13.0. The van der Waals surface area contributed by atoms with Crippen LogP contribution < -0.4 is 5.32 Å². The SMILES string of the molecule is C[Si](C)(C)CCS(=O)(=O)n1cc(C2CCNCC2)c2ccc(Cl)cc21. The van der Waals surface area contributed by atoms with E-state index in [1.807, 2.05) is 18.3 Å². The molecule has 7 heteroatoms. The van der Waals surface area contributed by atoms with E-state index < -0.39 is 18.1 Å². The molecule has 0 spiro atoms. The van der Waals surface area contributed by atoms with Crippen LogP contribution in [0.3, 0.4) is 0 Å². The summed E-state index contributed by atoms with van der Waals surface area (Å²) >= 11 is 6.17. The molecule has 0 unspecified atom stereocenters. The first kappa shape index (κ1) is 19.0. The van der Waals surface area contributed by atoms with Gasteiger partial charge in [-0.15, -0.1) is 0 Å².